The van der Waals surface area contributed by atoms with Crippen molar-refractivity contribution < 1.29 is 39.2 Å². The van der Waals surface area contributed by atoms with Crippen molar-refractivity contribution in [1.29, 1.82) is 0 Å². The lowest BCUT2D eigenvalue weighted by Crippen LogP contribution is -2.68. The number of rotatable bonds is 9. The maximum atomic E-state index is 11.4. The molecule has 1 saturated heterocycles. The first-order valence-electron chi connectivity index (χ1n) is 11.4. The second-order valence-corrected chi connectivity index (χ2v) is 9.07. The van der Waals surface area contributed by atoms with Gasteiger partial charge in [-0.1, -0.05) is 55.5 Å². The highest BCUT2D eigenvalue weighted by molar-refractivity contribution is 5.81. The van der Waals surface area contributed by atoms with Gasteiger partial charge in [-0.25, -0.2) is 4.79 Å². The normalized spacial score (nSPS) is 25.7. The fourth-order valence-corrected chi connectivity index (χ4v) is 4.07. The van der Waals surface area contributed by atoms with Crippen molar-refractivity contribution in [2.75, 3.05) is 27.2 Å². The van der Waals surface area contributed by atoms with Crippen LogP contribution >= 0.6 is 0 Å². The van der Waals surface area contributed by atoms with Crippen molar-refractivity contribution in [1.82, 2.24) is 0 Å². The molecule has 0 amide bonds. The highest BCUT2D eigenvalue weighted by Crippen LogP contribution is 2.27. The standard InChI is InChI=1S/C26H33NO7/c1-4-18(19-8-6-5-7-9-19)16-17-10-12-20(13-11-17)33-15-14-27(2,3)25-23(30)21(28)22(29)24(34-25)26(31)32/h5-13,16,21-25,28-30H,4,14-15H2,1-3H3/p+1/b18-16-/t21-,22-,23-,24?,25+/m0/s1. The maximum Gasteiger partial charge on any atom is 0.335 e. The molecule has 1 unspecified atom stereocenters. The first-order valence-corrected chi connectivity index (χ1v) is 11.4. The lowest BCUT2D eigenvalue weighted by molar-refractivity contribution is -0.944. The Hall–Kier alpha value is -2.75. The van der Waals surface area contributed by atoms with Crippen LogP contribution in [0.1, 0.15) is 24.5 Å². The number of carboxylic acid groups (broad SMARTS) is 1. The molecule has 8 nitrogen and oxygen atoms in total. The minimum Gasteiger partial charge on any atom is -0.488 e. The molecule has 0 spiro atoms. The van der Waals surface area contributed by atoms with Gasteiger partial charge in [0.1, 0.15) is 31.1 Å². The van der Waals surface area contributed by atoms with E-state index in [0.717, 1.165) is 12.0 Å². The van der Waals surface area contributed by atoms with E-state index in [1.54, 1.807) is 14.1 Å². The van der Waals surface area contributed by atoms with Gasteiger partial charge in [-0.15, -0.1) is 0 Å². The number of aliphatic hydroxyl groups is 3. The van der Waals surface area contributed by atoms with Gasteiger partial charge in [-0.05, 0) is 35.3 Å². The van der Waals surface area contributed by atoms with E-state index in [4.69, 9.17) is 9.47 Å². The van der Waals surface area contributed by atoms with Crippen molar-refractivity contribution in [3.63, 3.8) is 0 Å². The minimum absolute atomic E-state index is 0.0342. The number of carboxylic acids is 1. The van der Waals surface area contributed by atoms with Crippen molar-refractivity contribution in [2.24, 2.45) is 0 Å². The highest BCUT2D eigenvalue weighted by Gasteiger charge is 2.52. The molecule has 1 fully saturated rings. The molecule has 1 aliphatic rings. The number of hydrogen-bond acceptors (Lipinski definition) is 6. The van der Waals surface area contributed by atoms with Crippen molar-refractivity contribution >= 4 is 17.6 Å². The zero-order chi connectivity index (χ0) is 24.9. The Labute approximate surface area is 199 Å². The van der Waals surface area contributed by atoms with Crippen LogP contribution in [-0.2, 0) is 9.53 Å². The summed E-state index contributed by atoms with van der Waals surface area (Å²) in [4.78, 5) is 11.4. The van der Waals surface area contributed by atoms with Gasteiger partial charge in [-0.2, -0.15) is 0 Å². The fourth-order valence-electron chi connectivity index (χ4n) is 4.07. The molecule has 0 bridgehead atoms. The Balaban J connectivity index is 1.60. The molecule has 3 rings (SSSR count). The molecule has 34 heavy (non-hydrogen) atoms. The lowest BCUT2D eigenvalue weighted by Gasteiger charge is -2.46. The van der Waals surface area contributed by atoms with Crippen LogP contribution in [-0.4, -0.2) is 88.8 Å². The lowest BCUT2D eigenvalue weighted by atomic mass is 9.97. The van der Waals surface area contributed by atoms with Gasteiger partial charge in [0.2, 0.25) is 6.23 Å². The summed E-state index contributed by atoms with van der Waals surface area (Å²) in [6.45, 7) is 2.77. The molecule has 4 N–H and O–H groups in total. The van der Waals surface area contributed by atoms with Gasteiger partial charge < -0.3 is 29.9 Å². The Morgan fingerprint density at radius 1 is 1.00 bits per heavy atom. The van der Waals surface area contributed by atoms with Gasteiger partial charge in [-0.3, -0.25) is 4.48 Å². The largest absolute Gasteiger partial charge is 0.488 e. The van der Waals surface area contributed by atoms with E-state index >= 15 is 0 Å². The van der Waals surface area contributed by atoms with E-state index < -0.39 is 36.6 Å². The zero-order valence-corrected chi connectivity index (χ0v) is 19.7. The number of hydrogen-bond donors (Lipinski definition) is 4. The molecule has 1 heterocycles. The number of carbonyl (C=O) groups is 1. The smallest absolute Gasteiger partial charge is 0.335 e. The van der Waals surface area contributed by atoms with E-state index in [1.165, 1.54) is 11.1 Å². The maximum absolute atomic E-state index is 11.4. The topological polar surface area (TPSA) is 116 Å². The zero-order valence-electron chi connectivity index (χ0n) is 19.7. The Bertz CT molecular complexity index is 974. The van der Waals surface area contributed by atoms with Crippen LogP contribution in [0.15, 0.2) is 54.6 Å². The van der Waals surface area contributed by atoms with Gasteiger partial charge in [0.15, 0.2) is 12.2 Å². The van der Waals surface area contributed by atoms with Crippen molar-refractivity contribution in [3.8, 4) is 5.75 Å². The molecule has 0 aromatic heterocycles. The average molecular weight is 473 g/mol. The summed E-state index contributed by atoms with van der Waals surface area (Å²) in [5.41, 5.74) is 3.50. The summed E-state index contributed by atoms with van der Waals surface area (Å²) in [5, 5.41) is 39.6. The highest BCUT2D eigenvalue weighted by atomic mass is 16.6. The second kappa shape index (κ2) is 11.1. The fraction of sp³-hybridized carbons (Fsp3) is 0.423. The van der Waals surface area contributed by atoms with Crippen molar-refractivity contribution in [2.45, 2.75) is 44.0 Å². The number of ether oxygens (including phenoxy) is 2. The first kappa shape index (κ1) is 25.9. The van der Waals surface area contributed by atoms with Crippen molar-refractivity contribution in [3.05, 3.63) is 65.7 Å². The van der Waals surface area contributed by atoms with Gasteiger partial charge in [0.25, 0.3) is 0 Å². The minimum atomic E-state index is -1.71. The first-order chi connectivity index (χ1) is 16.1. The molecular weight excluding hydrogens is 438 g/mol. The van der Waals surface area contributed by atoms with E-state index in [9.17, 15) is 25.2 Å². The average Bonchev–Trinajstić information content (AvgIpc) is 2.82. The number of aliphatic carboxylic acids is 1. The van der Waals surface area contributed by atoms with E-state index in [0.29, 0.717) is 12.3 Å². The van der Waals surface area contributed by atoms with E-state index in [2.05, 4.69) is 25.1 Å². The van der Waals surface area contributed by atoms with Crippen LogP contribution in [0.3, 0.4) is 0 Å². The molecule has 1 aliphatic heterocycles. The third kappa shape index (κ3) is 6.02. The number of aliphatic hydroxyl groups excluding tert-OH is 3. The monoisotopic (exact) mass is 472 g/mol. The molecule has 0 aliphatic carbocycles. The third-order valence-electron chi connectivity index (χ3n) is 6.20. The summed E-state index contributed by atoms with van der Waals surface area (Å²) in [5.74, 6) is -0.716. The quantitative estimate of drug-likeness (QED) is 0.326. The Morgan fingerprint density at radius 2 is 1.65 bits per heavy atom. The molecule has 2 aromatic rings. The predicted molar refractivity (Wildman–Crippen MR) is 128 cm³/mol. The van der Waals surface area contributed by atoms with E-state index in [1.807, 2.05) is 42.5 Å². The summed E-state index contributed by atoms with van der Waals surface area (Å²) >= 11 is 0. The summed E-state index contributed by atoms with van der Waals surface area (Å²) in [6.07, 6.45) is -4.36. The third-order valence-corrected chi connectivity index (χ3v) is 6.20. The number of nitrogens with zero attached hydrogens (tertiary/aromatic N) is 1. The number of benzene rings is 2. The van der Waals surface area contributed by atoms with Crippen LogP contribution < -0.4 is 4.74 Å². The molecule has 2 aromatic carbocycles. The van der Waals surface area contributed by atoms with Gasteiger partial charge >= 0.3 is 5.97 Å². The number of likely N-dealkylation sites (N-methyl/N-ethyl adjacent to an activating group) is 1. The predicted octanol–water partition coefficient (Wildman–Crippen LogP) is 1.98. The second-order valence-electron chi connectivity index (χ2n) is 9.07. The molecular formula is C26H34NO7+. The summed E-state index contributed by atoms with van der Waals surface area (Å²) < 4.78 is 11.4. The van der Waals surface area contributed by atoms with Crippen LogP contribution in [0.4, 0.5) is 0 Å². The Morgan fingerprint density at radius 3 is 2.24 bits per heavy atom. The van der Waals surface area contributed by atoms with Crippen LogP contribution in [0, 0.1) is 0 Å². The Kier molecular flexibility index (Phi) is 8.46. The molecule has 8 heteroatoms. The SMILES string of the molecule is CC/C(=C/c1ccc(OCC[N+](C)(C)[C@@H]2OC(C(=O)O)[C@@H](O)[C@H](O)[C@@H]2O)cc1)c1ccccc1. The van der Waals surface area contributed by atoms with Crippen LogP contribution in [0.25, 0.3) is 11.6 Å². The molecule has 0 saturated carbocycles. The van der Waals surface area contributed by atoms with Crippen LogP contribution in [0.5, 0.6) is 5.75 Å². The van der Waals surface area contributed by atoms with Crippen LogP contribution in [0.2, 0.25) is 0 Å². The summed E-state index contributed by atoms with van der Waals surface area (Å²) in [7, 11) is 3.48. The van der Waals surface area contributed by atoms with Gasteiger partial charge in [0, 0.05) is 0 Å². The van der Waals surface area contributed by atoms with Gasteiger partial charge in [0.05, 0.1) is 14.1 Å². The number of allylic oxidation sites excluding steroid dienone is 1. The molecule has 184 valence electrons. The molecule has 5 atom stereocenters. The summed E-state index contributed by atoms with van der Waals surface area (Å²) in [6, 6.07) is 18.0. The number of quaternary nitrogens is 1. The molecule has 0 radical (unpaired) electrons. The van der Waals surface area contributed by atoms with E-state index in [-0.39, 0.29) is 11.1 Å².